The number of benzene rings is 6. The molecule has 1 amide bonds. The minimum Gasteiger partial charge on any atom is -0.497 e. The van der Waals surface area contributed by atoms with Crippen LogP contribution >= 0.6 is 0 Å². The number of aryl methyl sites for hydroxylation is 1. The molecule has 1 saturated heterocycles. The zero-order valence-corrected chi connectivity index (χ0v) is 34.4. The van der Waals surface area contributed by atoms with Gasteiger partial charge in [-0.3, -0.25) is 19.2 Å². The van der Waals surface area contributed by atoms with Crippen LogP contribution in [0.4, 0.5) is 0 Å². The van der Waals surface area contributed by atoms with Crippen molar-refractivity contribution in [3.63, 3.8) is 0 Å². The van der Waals surface area contributed by atoms with Gasteiger partial charge in [0.05, 0.1) is 7.11 Å². The lowest BCUT2D eigenvalue weighted by molar-refractivity contribution is -0.157. The van der Waals surface area contributed by atoms with Gasteiger partial charge in [-0.2, -0.15) is 0 Å². The van der Waals surface area contributed by atoms with E-state index < -0.39 is 11.9 Å². The standard InChI is InChI=1S/C35H35NO5.C18H16O2/c1-40-31-20-17-29(18-21-31)24-36(25-34(38)41-26-30-15-9-4-10-16-30)35(39)32(23-28-13-7-3-8-14-28)33(37)22-19-27-11-5-2-6-12-27;19-18-16(13-15-9-5-2-6-10-15)17(20-18)12-11-14-7-3-1-4-8-14/h2-18,20-21,32H,19,22-26H2,1H3;1-10,12,16H,11,13H2/b;17-12-. The predicted molar refractivity (Wildman–Crippen MR) is 236 cm³/mol. The van der Waals surface area contributed by atoms with Crippen molar-refractivity contribution in [3.8, 4) is 5.75 Å². The smallest absolute Gasteiger partial charge is 0.325 e. The Labute approximate surface area is 358 Å². The third kappa shape index (κ3) is 13.8. The van der Waals surface area contributed by atoms with Crippen molar-refractivity contribution >= 4 is 23.6 Å². The molecule has 8 heteroatoms. The van der Waals surface area contributed by atoms with Crippen LogP contribution in [0.2, 0.25) is 0 Å². The lowest BCUT2D eigenvalue weighted by Gasteiger charge is -2.28. The maximum atomic E-state index is 14.1. The van der Waals surface area contributed by atoms with Crippen LogP contribution in [0.25, 0.3) is 0 Å². The van der Waals surface area contributed by atoms with E-state index in [4.69, 9.17) is 14.2 Å². The number of ether oxygens (including phenoxy) is 3. The predicted octanol–water partition coefficient (Wildman–Crippen LogP) is 9.36. The van der Waals surface area contributed by atoms with Gasteiger partial charge in [-0.25, -0.2) is 0 Å². The number of amides is 1. The summed E-state index contributed by atoms with van der Waals surface area (Å²) in [6.07, 6.45) is 4.56. The van der Waals surface area contributed by atoms with E-state index in [9.17, 15) is 19.2 Å². The second kappa shape index (κ2) is 22.9. The number of carbonyl (C=O) groups excluding carboxylic acids is 4. The van der Waals surface area contributed by atoms with E-state index in [-0.39, 0.29) is 56.1 Å². The highest BCUT2D eigenvalue weighted by Crippen LogP contribution is 2.30. The molecule has 1 fully saturated rings. The fraction of sp³-hybridized carbons (Fsp3) is 0.208. The third-order valence-corrected chi connectivity index (χ3v) is 10.4. The topological polar surface area (TPSA) is 99.2 Å². The summed E-state index contributed by atoms with van der Waals surface area (Å²) in [6.45, 7) is -0.0108. The molecule has 310 valence electrons. The zero-order valence-electron chi connectivity index (χ0n) is 34.4. The van der Waals surface area contributed by atoms with Gasteiger partial charge in [-0.05, 0) is 77.3 Å². The van der Waals surface area contributed by atoms with Crippen LogP contribution < -0.4 is 4.74 Å². The summed E-state index contributed by atoms with van der Waals surface area (Å²) in [6, 6.07) is 56.1. The van der Waals surface area contributed by atoms with Crippen molar-refractivity contribution in [2.75, 3.05) is 13.7 Å². The van der Waals surface area contributed by atoms with Crippen molar-refractivity contribution in [2.24, 2.45) is 11.8 Å². The quantitative estimate of drug-likeness (QED) is 0.0630. The lowest BCUT2D eigenvalue weighted by atomic mass is 9.90. The van der Waals surface area contributed by atoms with E-state index in [0.29, 0.717) is 12.2 Å². The van der Waals surface area contributed by atoms with Gasteiger partial charge in [0.1, 0.15) is 42.3 Å². The molecule has 61 heavy (non-hydrogen) atoms. The Balaban J connectivity index is 0.000000258. The van der Waals surface area contributed by atoms with E-state index in [1.54, 1.807) is 19.2 Å². The summed E-state index contributed by atoms with van der Waals surface area (Å²) in [5.41, 5.74) is 5.97. The van der Waals surface area contributed by atoms with Crippen molar-refractivity contribution < 1.29 is 33.4 Å². The average Bonchev–Trinajstić information content (AvgIpc) is 3.31. The highest BCUT2D eigenvalue weighted by atomic mass is 16.6. The largest absolute Gasteiger partial charge is 0.497 e. The number of hydrogen-bond donors (Lipinski definition) is 0. The monoisotopic (exact) mass is 813 g/mol. The van der Waals surface area contributed by atoms with Crippen molar-refractivity contribution in [1.82, 2.24) is 4.90 Å². The molecule has 7 rings (SSSR count). The molecule has 0 aromatic heterocycles. The fourth-order valence-electron chi connectivity index (χ4n) is 6.96. The summed E-state index contributed by atoms with van der Waals surface area (Å²) in [7, 11) is 1.59. The van der Waals surface area contributed by atoms with Gasteiger partial charge in [-0.1, -0.05) is 164 Å². The molecule has 0 N–H and O–H groups in total. The first-order valence-electron chi connectivity index (χ1n) is 20.6. The van der Waals surface area contributed by atoms with Crippen molar-refractivity contribution in [2.45, 2.75) is 45.3 Å². The zero-order chi connectivity index (χ0) is 42.7. The minimum absolute atomic E-state index is 0.105. The van der Waals surface area contributed by atoms with Crippen LogP contribution in [0.1, 0.15) is 39.8 Å². The molecule has 2 atom stereocenters. The highest BCUT2D eigenvalue weighted by Gasteiger charge is 2.37. The van der Waals surface area contributed by atoms with Gasteiger partial charge in [0.2, 0.25) is 5.91 Å². The van der Waals surface area contributed by atoms with Crippen LogP contribution in [-0.4, -0.2) is 42.2 Å². The first kappa shape index (κ1) is 43.5. The fourth-order valence-corrected chi connectivity index (χ4v) is 6.96. The highest BCUT2D eigenvalue weighted by molar-refractivity contribution is 6.02. The number of carbonyl (C=O) groups is 4. The minimum atomic E-state index is -0.929. The molecular weight excluding hydrogens is 763 g/mol. The number of allylic oxidation sites excluding steroid dienone is 1. The molecule has 1 aliphatic heterocycles. The molecule has 0 saturated carbocycles. The molecule has 1 heterocycles. The van der Waals surface area contributed by atoms with Crippen LogP contribution in [0, 0.1) is 11.8 Å². The second-order valence-electron chi connectivity index (χ2n) is 14.8. The maximum absolute atomic E-state index is 14.1. The SMILES string of the molecule is COc1ccc(CN(CC(=O)OCc2ccccc2)C(=O)C(Cc2ccccc2)C(=O)CCc2ccccc2)cc1.O=C1O/C(=C\Cc2ccccc2)C1Cc1ccccc1. The lowest BCUT2D eigenvalue weighted by Crippen LogP contribution is -2.43. The molecule has 0 bridgehead atoms. The van der Waals surface area contributed by atoms with Crippen molar-refractivity contribution in [1.29, 1.82) is 0 Å². The molecule has 0 radical (unpaired) electrons. The van der Waals surface area contributed by atoms with Crippen LogP contribution in [0.3, 0.4) is 0 Å². The molecule has 6 aromatic rings. The van der Waals surface area contributed by atoms with Gasteiger partial charge in [0, 0.05) is 13.0 Å². The Morgan fingerprint density at radius 2 is 1.16 bits per heavy atom. The van der Waals surface area contributed by atoms with Gasteiger partial charge in [-0.15, -0.1) is 0 Å². The Morgan fingerprint density at radius 1 is 0.639 bits per heavy atom. The molecule has 2 unspecified atom stereocenters. The molecular formula is C53H51NO7. The van der Waals surface area contributed by atoms with Gasteiger partial charge in [0.15, 0.2) is 0 Å². The van der Waals surface area contributed by atoms with E-state index in [1.165, 1.54) is 16.0 Å². The summed E-state index contributed by atoms with van der Waals surface area (Å²) in [4.78, 5) is 53.7. The number of esters is 2. The van der Waals surface area contributed by atoms with Gasteiger partial charge in [0.25, 0.3) is 0 Å². The maximum Gasteiger partial charge on any atom is 0.325 e. The second-order valence-corrected chi connectivity index (χ2v) is 14.8. The summed E-state index contributed by atoms with van der Waals surface area (Å²) < 4.78 is 15.9. The van der Waals surface area contributed by atoms with Crippen molar-refractivity contribution in [3.05, 3.63) is 221 Å². The molecule has 1 aliphatic rings. The van der Waals surface area contributed by atoms with Crippen LogP contribution in [-0.2, 0) is 67.5 Å². The summed E-state index contributed by atoms with van der Waals surface area (Å²) in [5, 5.41) is 0. The molecule has 0 aliphatic carbocycles. The summed E-state index contributed by atoms with van der Waals surface area (Å²) >= 11 is 0. The number of cyclic esters (lactones) is 1. The Hall–Kier alpha value is -7.06. The summed E-state index contributed by atoms with van der Waals surface area (Å²) in [5.74, 6) is -0.740. The molecule has 0 spiro atoms. The Kier molecular flexibility index (Phi) is 16.4. The number of rotatable bonds is 18. The average molecular weight is 814 g/mol. The normalized spacial score (nSPS) is 14.0. The number of Topliss-reactive ketones (excluding diaryl/α,β-unsaturated/α-hetero) is 1. The van der Waals surface area contributed by atoms with E-state index in [2.05, 4.69) is 12.1 Å². The molecule has 8 nitrogen and oxygen atoms in total. The number of nitrogens with zero attached hydrogens (tertiary/aromatic N) is 1. The van der Waals surface area contributed by atoms with E-state index in [0.717, 1.165) is 40.9 Å². The number of ketones is 1. The van der Waals surface area contributed by atoms with E-state index >= 15 is 0 Å². The van der Waals surface area contributed by atoms with Crippen LogP contribution in [0.15, 0.2) is 188 Å². The Bertz CT molecular complexity index is 2320. The van der Waals surface area contributed by atoms with Gasteiger partial charge < -0.3 is 19.1 Å². The van der Waals surface area contributed by atoms with Gasteiger partial charge >= 0.3 is 11.9 Å². The first-order chi connectivity index (χ1) is 29.8. The first-order valence-corrected chi connectivity index (χ1v) is 20.6. The Morgan fingerprint density at radius 3 is 1.72 bits per heavy atom. The number of methoxy groups -OCH3 is 1. The number of hydrogen-bond acceptors (Lipinski definition) is 7. The molecule has 6 aromatic carbocycles. The third-order valence-electron chi connectivity index (χ3n) is 10.4. The van der Waals surface area contributed by atoms with E-state index in [1.807, 2.05) is 158 Å². The van der Waals surface area contributed by atoms with Crippen LogP contribution in [0.5, 0.6) is 5.75 Å².